The molecule has 0 aliphatic heterocycles. The van der Waals surface area contributed by atoms with Gasteiger partial charge in [0.25, 0.3) is 20.0 Å². The monoisotopic (exact) mass is 517 g/mol. The standard InChI is InChI=1S/C11H13N3O3S.C10H10N4O2S/c1-7-8(2)17-11(13-7)14-18(15,16)10-5-3-9(12)4-6-10;11-8-2-4-9(5-3-8)17(15,16)14-10-12-6-1-7-13-10/h3-6H,12H2,1-2H3,(H,13,14);1-7H,11H2,(H,12,13,14). The van der Waals surface area contributed by atoms with E-state index in [-0.39, 0.29) is 21.8 Å². The second kappa shape index (κ2) is 10.4. The van der Waals surface area contributed by atoms with E-state index < -0.39 is 20.0 Å². The summed E-state index contributed by atoms with van der Waals surface area (Å²) >= 11 is 0. The van der Waals surface area contributed by atoms with Crippen molar-refractivity contribution in [2.24, 2.45) is 0 Å². The zero-order chi connectivity index (χ0) is 25.6. The third-order valence-electron chi connectivity index (χ3n) is 4.42. The van der Waals surface area contributed by atoms with Gasteiger partial charge in [0.2, 0.25) is 5.95 Å². The Morgan fingerprint density at radius 3 is 1.63 bits per heavy atom. The van der Waals surface area contributed by atoms with E-state index in [1.807, 2.05) is 0 Å². The zero-order valence-electron chi connectivity index (χ0n) is 18.7. The van der Waals surface area contributed by atoms with Gasteiger partial charge in [-0.15, -0.1) is 0 Å². The molecule has 0 saturated heterocycles. The Bertz CT molecular complexity index is 1470. The van der Waals surface area contributed by atoms with Crippen molar-refractivity contribution in [3.63, 3.8) is 0 Å². The number of nitrogens with zero attached hydrogens (tertiary/aromatic N) is 3. The highest BCUT2D eigenvalue weighted by Crippen LogP contribution is 2.19. The first kappa shape index (κ1) is 25.5. The molecule has 0 amide bonds. The van der Waals surface area contributed by atoms with Crippen LogP contribution in [0.1, 0.15) is 11.5 Å². The van der Waals surface area contributed by atoms with Gasteiger partial charge in [-0.2, -0.15) is 4.98 Å². The van der Waals surface area contributed by atoms with Crippen LogP contribution in [-0.2, 0) is 20.0 Å². The van der Waals surface area contributed by atoms with Gasteiger partial charge in [0.15, 0.2) is 0 Å². The number of aryl methyl sites for hydroxylation is 2. The van der Waals surface area contributed by atoms with Crippen LogP contribution < -0.4 is 20.9 Å². The Balaban J connectivity index is 0.000000196. The van der Waals surface area contributed by atoms with Gasteiger partial charge in [0, 0.05) is 23.8 Å². The fourth-order valence-corrected chi connectivity index (χ4v) is 4.40. The number of benzene rings is 2. The summed E-state index contributed by atoms with van der Waals surface area (Å²) in [5.41, 5.74) is 12.6. The van der Waals surface area contributed by atoms with Crippen LogP contribution in [0.15, 0.2) is 81.2 Å². The summed E-state index contributed by atoms with van der Waals surface area (Å²) in [7, 11) is -7.36. The van der Waals surface area contributed by atoms with Gasteiger partial charge in [-0.05, 0) is 68.4 Å². The second-order valence-corrected chi connectivity index (χ2v) is 10.4. The summed E-state index contributed by atoms with van der Waals surface area (Å²) in [6.45, 7) is 3.45. The van der Waals surface area contributed by atoms with E-state index >= 15 is 0 Å². The van der Waals surface area contributed by atoms with E-state index in [9.17, 15) is 16.8 Å². The van der Waals surface area contributed by atoms with Crippen molar-refractivity contribution in [1.29, 1.82) is 0 Å². The fourth-order valence-electron chi connectivity index (χ4n) is 2.52. The Hall–Kier alpha value is -4.17. The molecule has 2 heterocycles. The Kier molecular flexibility index (Phi) is 7.56. The molecule has 0 fully saturated rings. The number of rotatable bonds is 6. The molecule has 0 saturated carbocycles. The fraction of sp³-hybridized carbons (Fsp3) is 0.0952. The summed E-state index contributed by atoms with van der Waals surface area (Å²) < 4.78 is 57.4. The normalized spacial score (nSPS) is 11.3. The van der Waals surface area contributed by atoms with Crippen molar-refractivity contribution in [1.82, 2.24) is 15.0 Å². The number of oxazole rings is 1. The molecule has 0 aliphatic rings. The maximum Gasteiger partial charge on any atom is 0.309 e. The lowest BCUT2D eigenvalue weighted by Gasteiger charge is -2.05. The van der Waals surface area contributed by atoms with Crippen LogP contribution in [0.3, 0.4) is 0 Å². The first-order chi connectivity index (χ1) is 16.5. The molecule has 6 N–H and O–H groups in total. The summed E-state index contributed by atoms with van der Waals surface area (Å²) in [4.78, 5) is 11.7. The summed E-state index contributed by atoms with van der Waals surface area (Å²) in [5.74, 6) is 0.606. The Morgan fingerprint density at radius 1 is 0.743 bits per heavy atom. The van der Waals surface area contributed by atoms with Crippen LogP contribution in [-0.4, -0.2) is 31.8 Å². The smallest absolute Gasteiger partial charge is 0.309 e. The number of hydrogen-bond donors (Lipinski definition) is 4. The first-order valence-corrected chi connectivity index (χ1v) is 12.9. The van der Waals surface area contributed by atoms with Crippen LogP contribution >= 0.6 is 0 Å². The number of nitrogen functional groups attached to an aromatic ring is 2. The Labute approximate surface area is 202 Å². The largest absolute Gasteiger partial charge is 0.428 e. The summed E-state index contributed by atoms with van der Waals surface area (Å²) in [6.07, 6.45) is 2.90. The third kappa shape index (κ3) is 6.91. The second-order valence-electron chi connectivity index (χ2n) is 7.08. The number of sulfonamides is 2. The van der Waals surface area contributed by atoms with Crippen LogP contribution in [0.5, 0.6) is 0 Å². The SMILES string of the molecule is Cc1nc(NS(=O)(=O)c2ccc(N)cc2)oc1C.Nc1ccc(S(=O)(=O)Nc2ncccn2)cc1. The minimum atomic E-state index is -3.70. The third-order valence-corrected chi connectivity index (χ3v) is 7.10. The van der Waals surface area contributed by atoms with Crippen molar-refractivity contribution in [3.8, 4) is 0 Å². The lowest BCUT2D eigenvalue weighted by atomic mass is 10.3. The molecule has 0 radical (unpaired) electrons. The van der Waals surface area contributed by atoms with Crippen molar-refractivity contribution < 1.29 is 21.3 Å². The molecule has 0 bridgehead atoms. The van der Waals surface area contributed by atoms with E-state index in [1.165, 1.54) is 60.9 Å². The summed E-state index contributed by atoms with van der Waals surface area (Å²) in [6, 6.07) is 13.3. The zero-order valence-corrected chi connectivity index (χ0v) is 20.3. The van der Waals surface area contributed by atoms with E-state index in [0.717, 1.165) is 0 Å². The number of nitrogens with two attached hydrogens (primary N) is 2. The minimum absolute atomic E-state index is 0.0318. The number of anilines is 4. The molecular weight excluding hydrogens is 494 g/mol. The molecule has 184 valence electrons. The topological polar surface area (TPSA) is 196 Å². The van der Waals surface area contributed by atoms with E-state index in [0.29, 0.717) is 22.8 Å². The number of hydrogen-bond acceptors (Lipinski definition) is 10. The molecule has 2 aromatic carbocycles. The highest BCUT2D eigenvalue weighted by molar-refractivity contribution is 7.93. The molecule has 4 aromatic rings. The lowest BCUT2D eigenvalue weighted by Crippen LogP contribution is -2.14. The van der Waals surface area contributed by atoms with Crippen molar-refractivity contribution in [2.75, 3.05) is 20.9 Å². The van der Waals surface area contributed by atoms with Gasteiger partial charge in [0.05, 0.1) is 15.5 Å². The van der Waals surface area contributed by atoms with E-state index in [2.05, 4.69) is 24.4 Å². The molecular formula is C21H23N7O5S2. The summed E-state index contributed by atoms with van der Waals surface area (Å²) in [5, 5.41) is 0. The van der Waals surface area contributed by atoms with Crippen LogP contribution in [0, 0.1) is 13.8 Å². The maximum absolute atomic E-state index is 12.0. The predicted molar refractivity (Wildman–Crippen MR) is 131 cm³/mol. The molecule has 0 spiro atoms. The van der Waals surface area contributed by atoms with Gasteiger partial charge in [-0.3, -0.25) is 0 Å². The average Bonchev–Trinajstić information content (AvgIpc) is 3.11. The molecule has 4 rings (SSSR count). The lowest BCUT2D eigenvalue weighted by molar-refractivity contribution is 0.541. The highest BCUT2D eigenvalue weighted by Gasteiger charge is 2.17. The molecule has 0 unspecified atom stereocenters. The quantitative estimate of drug-likeness (QED) is 0.276. The van der Waals surface area contributed by atoms with Crippen LogP contribution in [0.2, 0.25) is 0 Å². The average molecular weight is 518 g/mol. The molecule has 0 atom stereocenters. The molecule has 35 heavy (non-hydrogen) atoms. The number of nitrogens with one attached hydrogen (secondary N) is 2. The van der Waals surface area contributed by atoms with Gasteiger partial charge in [-0.25, -0.2) is 36.2 Å². The number of aromatic nitrogens is 3. The van der Waals surface area contributed by atoms with Crippen molar-refractivity contribution in [2.45, 2.75) is 23.6 Å². The maximum atomic E-state index is 12.0. The van der Waals surface area contributed by atoms with Crippen molar-refractivity contribution in [3.05, 3.63) is 78.4 Å². The highest BCUT2D eigenvalue weighted by atomic mass is 32.2. The molecule has 12 nitrogen and oxygen atoms in total. The Morgan fingerprint density at radius 2 is 1.20 bits per heavy atom. The minimum Gasteiger partial charge on any atom is -0.428 e. The molecule has 2 aromatic heterocycles. The van der Waals surface area contributed by atoms with Gasteiger partial charge < -0.3 is 15.9 Å². The van der Waals surface area contributed by atoms with E-state index in [1.54, 1.807) is 19.9 Å². The van der Waals surface area contributed by atoms with Crippen LogP contribution in [0.4, 0.5) is 23.3 Å². The molecule has 14 heteroatoms. The molecule has 0 aliphatic carbocycles. The van der Waals surface area contributed by atoms with Crippen LogP contribution in [0.25, 0.3) is 0 Å². The predicted octanol–water partition coefficient (Wildman–Crippen LogP) is 2.53. The first-order valence-electron chi connectivity index (χ1n) is 9.94. The van der Waals surface area contributed by atoms with E-state index in [4.69, 9.17) is 15.9 Å². The van der Waals surface area contributed by atoms with Gasteiger partial charge in [0.1, 0.15) is 5.76 Å². The van der Waals surface area contributed by atoms with Gasteiger partial charge >= 0.3 is 6.01 Å². The van der Waals surface area contributed by atoms with Crippen molar-refractivity contribution >= 4 is 43.4 Å². The van der Waals surface area contributed by atoms with Gasteiger partial charge in [-0.1, -0.05) is 0 Å².